The van der Waals surface area contributed by atoms with Crippen molar-refractivity contribution >= 4 is 20.2 Å². The summed E-state index contributed by atoms with van der Waals surface area (Å²) in [5, 5.41) is 15.2. The Morgan fingerprint density at radius 1 is 0.800 bits per heavy atom. The molecular weight excluding hydrogens is 340 g/mol. The first-order chi connectivity index (χ1) is 8.57. The van der Waals surface area contributed by atoms with Gasteiger partial charge >= 0.3 is 0 Å². The predicted molar refractivity (Wildman–Crippen MR) is 58.7 cm³/mol. The van der Waals surface area contributed by atoms with Crippen LogP contribution in [0.1, 0.15) is 6.92 Å². The van der Waals surface area contributed by atoms with Gasteiger partial charge in [-0.15, -0.1) is 0 Å². The van der Waals surface area contributed by atoms with Gasteiger partial charge in [-0.1, -0.05) is 0 Å². The van der Waals surface area contributed by atoms with Crippen molar-refractivity contribution in [1.29, 1.82) is 0 Å². The van der Waals surface area contributed by atoms with Gasteiger partial charge < -0.3 is 10.2 Å². The summed E-state index contributed by atoms with van der Waals surface area (Å²) in [6, 6.07) is 0. The zero-order valence-corrected chi connectivity index (χ0v) is 11.5. The van der Waals surface area contributed by atoms with Gasteiger partial charge in [-0.05, 0) is 6.92 Å². The van der Waals surface area contributed by atoms with Crippen LogP contribution in [0.15, 0.2) is 0 Å². The van der Waals surface area contributed by atoms with E-state index in [1.54, 1.807) is 0 Å². The van der Waals surface area contributed by atoms with Gasteiger partial charge in [-0.2, -0.15) is 16.8 Å². The molecule has 0 radical (unpaired) electrons. The summed E-state index contributed by atoms with van der Waals surface area (Å²) in [6.07, 6.45) is -7.16. The van der Waals surface area contributed by atoms with E-state index in [4.69, 9.17) is 19.3 Å². The number of rotatable bonds is 4. The zero-order valence-electron chi connectivity index (χ0n) is 9.90. The molecule has 0 aromatic heterocycles. The molecule has 126 valence electrons. The highest BCUT2D eigenvalue weighted by molar-refractivity contribution is 7.86. The number of alkyl halides is 4. The highest BCUT2D eigenvalue weighted by atomic mass is 32.2. The molecule has 0 rings (SSSR count). The number of aliphatic hydroxyl groups excluding tert-OH is 1. The Kier molecular flexibility index (Phi) is 13.7. The van der Waals surface area contributed by atoms with Crippen LogP contribution in [0.2, 0.25) is 0 Å². The first kappa shape index (κ1) is 24.5. The molecule has 0 aliphatic rings. The van der Waals surface area contributed by atoms with Crippen LogP contribution >= 0.6 is 0 Å². The molecule has 0 bridgehead atoms. The standard InChI is InChI=1S/2C2H4F2O3S.C2H6O2/c2*3-2(4)1-8(5,6)7;1-2(3)4/h2*2H,1H2,(H,5,6,7);2-4H,1H3. The number of hydrogen-bond acceptors (Lipinski definition) is 6. The van der Waals surface area contributed by atoms with E-state index in [1.165, 1.54) is 6.92 Å². The lowest BCUT2D eigenvalue weighted by molar-refractivity contribution is -0.0228. The minimum atomic E-state index is -4.47. The van der Waals surface area contributed by atoms with Gasteiger partial charge in [0.25, 0.3) is 33.1 Å². The Morgan fingerprint density at radius 2 is 0.950 bits per heavy atom. The second-order valence-corrected chi connectivity index (χ2v) is 5.91. The molecule has 0 heterocycles. The first-order valence-electron chi connectivity index (χ1n) is 4.39. The van der Waals surface area contributed by atoms with Crippen LogP contribution in [0.25, 0.3) is 0 Å². The number of aliphatic hydroxyl groups is 2. The maximum absolute atomic E-state index is 11.0. The van der Waals surface area contributed by atoms with Crippen LogP contribution in [0.5, 0.6) is 0 Å². The van der Waals surface area contributed by atoms with Crippen molar-refractivity contribution in [3.8, 4) is 0 Å². The quantitative estimate of drug-likeness (QED) is 0.302. The fourth-order valence-corrected chi connectivity index (χ4v) is 0.955. The van der Waals surface area contributed by atoms with E-state index in [2.05, 4.69) is 0 Å². The second-order valence-electron chi connectivity index (χ2n) is 2.91. The Bertz CT molecular complexity index is 377. The van der Waals surface area contributed by atoms with Crippen LogP contribution in [-0.2, 0) is 20.2 Å². The fourth-order valence-electron chi connectivity index (χ4n) is 0.318. The van der Waals surface area contributed by atoms with Crippen molar-refractivity contribution in [3.63, 3.8) is 0 Å². The largest absolute Gasteiger partial charge is 0.368 e. The summed E-state index contributed by atoms with van der Waals surface area (Å²) >= 11 is 0. The van der Waals surface area contributed by atoms with Crippen molar-refractivity contribution in [2.24, 2.45) is 0 Å². The molecule has 20 heavy (non-hydrogen) atoms. The minimum absolute atomic E-state index is 1.17. The van der Waals surface area contributed by atoms with Crippen LogP contribution < -0.4 is 0 Å². The van der Waals surface area contributed by atoms with E-state index in [0.29, 0.717) is 0 Å². The highest BCUT2D eigenvalue weighted by Gasteiger charge is 2.13. The molecule has 0 aliphatic carbocycles. The van der Waals surface area contributed by atoms with Crippen LogP contribution in [0.4, 0.5) is 17.6 Å². The highest BCUT2D eigenvalue weighted by Crippen LogP contribution is 1.95. The maximum Gasteiger partial charge on any atom is 0.270 e. The van der Waals surface area contributed by atoms with E-state index in [-0.39, 0.29) is 0 Å². The Morgan fingerprint density at radius 3 is 0.950 bits per heavy atom. The van der Waals surface area contributed by atoms with Crippen molar-refractivity contribution in [2.45, 2.75) is 26.1 Å². The Hall–Kier alpha value is -0.540. The van der Waals surface area contributed by atoms with Crippen LogP contribution in [-0.4, -0.2) is 66.8 Å². The molecule has 14 heteroatoms. The molecule has 0 aliphatic heterocycles. The molecule has 8 nitrogen and oxygen atoms in total. The van der Waals surface area contributed by atoms with Gasteiger partial charge in [0.2, 0.25) is 0 Å². The molecule has 4 N–H and O–H groups in total. The van der Waals surface area contributed by atoms with Crippen molar-refractivity contribution in [1.82, 2.24) is 0 Å². The van der Waals surface area contributed by atoms with E-state index >= 15 is 0 Å². The normalized spacial score (nSPS) is 11.8. The fraction of sp³-hybridized carbons (Fsp3) is 1.00. The molecule has 0 amide bonds. The minimum Gasteiger partial charge on any atom is -0.368 e. The molecular formula is C6H14F4O8S2. The second kappa shape index (κ2) is 11.2. The van der Waals surface area contributed by atoms with Crippen LogP contribution in [0.3, 0.4) is 0 Å². The van der Waals surface area contributed by atoms with Gasteiger partial charge in [0.05, 0.1) is 0 Å². The maximum atomic E-state index is 11.0. The molecule has 0 saturated heterocycles. The topological polar surface area (TPSA) is 149 Å². The molecule has 0 unspecified atom stereocenters. The summed E-state index contributed by atoms with van der Waals surface area (Å²) < 4.78 is 97.4. The van der Waals surface area contributed by atoms with Gasteiger partial charge in [-0.25, -0.2) is 17.6 Å². The number of halogens is 4. The predicted octanol–water partition coefficient (Wildman–Crippen LogP) is -0.404. The third-order valence-corrected chi connectivity index (χ3v) is 2.02. The SMILES string of the molecule is CC(O)O.O=S(=O)(O)CC(F)F.O=S(=O)(O)CC(F)F. The zero-order chi connectivity index (χ0) is 17.1. The van der Waals surface area contributed by atoms with Gasteiger partial charge in [0, 0.05) is 0 Å². The van der Waals surface area contributed by atoms with E-state index in [1.807, 2.05) is 0 Å². The molecule has 0 fully saturated rings. The van der Waals surface area contributed by atoms with Crippen molar-refractivity contribution < 1.29 is 53.7 Å². The van der Waals surface area contributed by atoms with Gasteiger partial charge in [-0.3, -0.25) is 9.11 Å². The summed E-state index contributed by atoms with van der Waals surface area (Å²) in [6.45, 7) is 1.28. The van der Waals surface area contributed by atoms with E-state index in [9.17, 15) is 34.4 Å². The lowest BCUT2D eigenvalue weighted by Crippen LogP contribution is -2.11. The summed E-state index contributed by atoms with van der Waals surface area (Å²) in [4.78, 5) is 0. The van der Waals surface area contributed by atoms with Crippen molar-refractivity contribution in [2.75, 3.05) is 11.5 Å². The number of hydrogen-bond donors (Lipinski definition) is 4. The molecule has 0 aromatic rings. The molecule has 0 spiro atoms. The van der Waals surface area contributed by atoms with Crippen LogP contribution in [0, 0.1) is 0 Å². The third kappa shape index (κ3) is 52.9. The summed E-state index contributed by atoms with van der Waals surface area (Å²) in [5.74, 6) is -2.96. The average Bonchev–Trinajstić information content (AvgIpc) is 1.90. The average molecular weight is 354 g/mol. The Labute approximate surface area is 112 Å². The third-order valence-electron chi connectivity index (χ3n) is 0.673. The van der Waals surface area contributed by atoms with Gasteiger partial charge in [0.15, 0.2) is 0 Å². The van der Waals surface area contributed by atoms with E-state index in [0.717, 1.165) is 0 Å². The Balaban J connectivity index is -0.000000230. The summed E-state index contributed by atoms with van der Waals surface area (Å²) in [5.41, 5.74) is 0. The van der Waals surface area contributed by atoms with Crippen molar-refractivity contribution in [3.05, 3.63) is 0 Å². The van der Waals surface area contributed by atoms with Gasteiger partial charge in [0.1, 0.15) is 17.8 Å². The molecule has 0 atom stereocenters. The van der Waals surface area contributed by atoms with E-state index < -0.39 is 50.9 Å². The monoisotopic (exact) mass is 354 g/mol. The smallest absolute Gasteiger partial charge is 0.270 e. The summed E-state index contributed by atoms with van der Waals surface area (Å²) in [7, 11) is -8.95. The molecule has 0 aromatic carbocycles. The molecule has 0 saturated carbocycles. The lowest BCUT2D eigenvalue weighted by atomic mass is 10.8. The lowest BCUT2D eigenvalue weighted by Gasteiger charge is -1.91. The first-order valence-corrected chi connectivity index (χ1v) is 7.61.